The largest absolute Gasteiger partial charge is 0.350 e. The molecule has 0 saturated carbocycles. The van der Waals surface area contributed by atoms with Crippen LogP contribution in [0, 0.1) is 6.92 Å². The van der Waals surface area contributed by atoms with Crippen molar-refractivity contribution in [2.45, 2.75) is 13.3 Å². The molecule has 172 valence electrons. The Hall–Kier alpha value is -3.61. The van der Waals surface area contributed by atoms with E-state index in [1.54, 1.807) is 36.4 Å². The fourth-order valence-electron chi connectivity index (χ4n) is 3.50. The third-order valence-electron chi connectivity index (χ3n) is 5.40. The number of amides is 3. The highest BCUT2D eigenvalue weighted by Gasteiger charge is 2.37. The van der Waals surface area contributed by atoms with Gasteiger partial charge in [0.2, 0.25) is 0 Å². The molecule has 1 aliphatic rings. The van der Waals surface area contributed by atoms with Gasteiger partial charge in [0.25, 0.3) is 17.7 Å². The predicted molar refractivity (Wildman–Crippen MR) is 134 cm³/mol. The van der Waals surface area contributed by atoms with E-state index in [2.05, 4.69) is 10.6 Å². The van der Waals surface area contributed by atoms with E-state index in [9.17, 15) is 14.4 Å². The maximum Gasteiger partial charge on any atom is 0.278 e. The molecular weight excluding hydrogens is 473 g/mol. The van der Waals surface area contributed by atoms with Gasteiger partial charge < -0.3 is 10.6 Å². The molecule has 3 aromatic rings. The Morgan fingerprint density at radius 3 is 2.38 bits per heavy atom. The number of hydrogen-bond acceptors (Lipinski definition) is 4. The highest BCUT2D eigenvalue weighted by atomic mass is 35.5. The summed E-state index contributed by atoms with van der Waals surface area (Å²) in [6.45, 7) is 2.09. The van der Waals surface area contributed by atoms with Gasteiger partial charge in [-0.1, -0.05) is 65.7 Å². The lowest BCUT2D eigenvalue weighted by atomic mass is 10.1. The van der Waals surface area contributed by atoms with Gasteiger partial charge in [-0.2, -0.15) is 0 Å². The Bertz CT molecular complexity index is 1310. The van der Waals surface area contributed by atoms with Crippen molar-refractivity contribution in [1.82, 2.24) is 4.90 Å². The van der Waals surface area contributed by atoms with Gasteiger partial charge in [0, 0.05) is 28.5 Å². The maximum atomic E-state index is 12.9. The van der Waals surface area contributed by atoms with Crippen LogP contribution in [-0.2, 0) is 16.0 Å². The summed E-state index contributed by atoms with van der Waals surface area (Å²) >= 11 is 12.3. The molecule has 4 rings (SSSR count). The zero-order chi connectivity index (χ0) is 24.2. The van der Waals surface area contributed by atoms with Crippen LogP contribution in [0.1, 0.15) is 21.5 Å². The number of imide groups is 1. The first-order valence-corrected chi connectivity index (χ1v) is 11.3. The molecule has 8 heteroatoms. The molecule has 3 aromatic carbocycles. The monoisotopic (exact) mass is 493 g/mol. The van der Waals surface area contributed by atoms with E-state index in [4.69, 9.17) is 23.2 Å². The van der Waals surface area contributed by atoms with Gasteiger partial charge in [-0.25, -0.2) is 0 Å². The molecule has 0 unspecified atom stereocenters. The van der Waals surface area contributed by atoms with Gasteiger partial charge in [-0.15, -0.1) is 0 Å². The fraction of sp³-hybridized carbons (Fsp3) is 0.115. The Morgan fingerprint density at radius 1 is 0.882 bits per heavy atom. The normalized spacial score (nSPS) is 13.4. The van der Waals surface area contributed by atoms with E-state index in [1.807, 2.05) is 43.3 Å². The zero-order valence-electron chi connectivity index (χ0n) is 18.3. The average molecular weight is 494 g/mol. The van der Waals surface area contributed by atoms with Crippen LogP contribution in [0.4, 0.5) is 11.4 Å². The summed E-state index contributed by atoms with van der Waals surface area (Å²) in [6, 6.07) is 21.4. The van der Waals surface area contributed by atoms with Crippen molar-refractivity contribution >= 4 is 52.3 Å². The maximum absolute atomic E-state index is 12.9. The summed E-state index contributed by atoms with van der Waals surface area (Å²) in [5.41, 5.74) is 3.28. The molecule has 2 N–H and O–H groups in total. The van der Waals surface area contributed by atoms with Crippen LogP contribution >= 0.6 is 23.2 Å². The van der Waals surface area contributed by atoms with Crippen molar-refractivity contribution in [3.8, 4) is 0 Å². The first kappa shape index (κ1) is 23.5. The molecule has 0 aromatic heterocycles. The van der Waals surface area contributed by atoms with Crippen LogP contribution < -0.4 is 10.6 Å². The number of aryl methyl sites for hydroxylation is 1. The zero-order valence-corrected chi connectivity index (χ0v) is 19.8. The van der Waals surface area contributed by atoms with Crippen LogP contribution in [0.15, 0.2) is 83.5 Å². The van der Waals surface area contributed by atoms with Crippen LogP contribution in [-0.4, -0.2) is 29.2 Å². The van der Waals surface area contributed by atoms with Crippen molar-refractivity contribution < 1.29 is 14.4 Å². The van der Waals surface area contributed by atoms with Crippen LogP contribution in [0.3, 0.4) is 0 Å². The van der Waals surface area contributed by atoms with Crippen LogP contribution in [0.2, 0.25) is 5.02 Å². The number of nitrogens with zero attached hydrogens (tertiary/aromatic N) is 1. The fourth-order valence-corrected chi connectivity index (χ4v) is 3.91. The first-order chi connectivity index (χ1) is 16.3. The van der Waals surface area contributed by atoms with Crippen LogP contribution in [0.5, 0.6) is 0 Å². The molecule has 0 saturated heterocycles. The third-order valence-corrected chi connectivity index (χ3v) is 6.16. The Balaban J connectivity index is 1.45. The Morgan fingerprint density at radius 2 is 1.65 bits per heavy atom. The number of carbonyl (C=O) groups is 3. The number of benzene rings is 3. The van der Waals surface area contributed by atoms with E-state index in [0.717, 1.165) is 16.0 Å². The molecule has 0 spiro atoms. The van der Waals surface area contributed by atoms with Gasteiger partial charge in [0.15, 0.2) is 0 Å². The summed E-state index contributed by atoms with van der Waals surface area (Å²) in [6.07, 6.45) is 0.522. The molecule has 0 bridgehead atoms. The quantitative estimate of drug-likeness (QED) is 0.433. The van der Waals surface area contributed by atoms with E-state index in [0.29, 0.717) is 28.4 Å². The third kappa shape index (κ3) is 5.14. The summed E-state index contributed by atoms with van der Waals surface area (Å²) in [7, 11) is 0. The Labute approximate surface area is 207 Å². The summed E-state index contributed by atoms with van der Waals surface area (Å²) in [5, 5.41) is 6.08. The van der Waals surface area contributed by atoms with Crippen molar-refractivity contribution in [3.63, 3.8) is 0 Å². The van der Waals surface area contributed by atoms with Crippen molar-refractivity contribution in [1.29, 1.82) is 0 Å². The van der Waals surface area contributed by atoms with Gasteiger partial charge in [-0.3, -0.25) is 19.3 Å². The lowest BCUT2D eigenvalue weighted by Gasteiger charge is -2.15. The summed E-state index contributed by atoms with van der Waals surface area (Å²) in [4.78, 5) is 39.3. The smallest absolute Gasteiger partial charge is 0.278 e. The lowest BCUT2D eigenvalue weighted by molar-refractivity contribution is -0.137. The van der Waals surface area contributed by atoms with E-state index in [1.165, 1.54) is 0 Å². The number of nitrogens with one attached hydrogen (secondary N) is 2. The molecular formula is C26H21Cl2N3O3. The molecule has 0 radical (unpaired) electrons. The molecule has 0 aliphatic carbocycles. The summed E-state index contributed by atoms with van der Waals surface area (Å²) in [5.74, 6) is -1.40. The number of halogens is 2. The highest BCUT2D eigenvalue weighted by Crippen LogP contribution is 2.27. The van der Waals surface area contributed by atoms with Gasteiger partial charge in [0.05, 0.1) is 0 Å². The van der Waals surface area contributed by atoms with Gasteiger partial charge >= 0.3 is 0 Å². The minimum atomic E-state index is -0.546. The molecule has 1 heterocycles. The average Bonchev–Trinajstić information content (AvgIpc) is 3.04. The van der Waals surface area contributed by atoms with Crippen molar-refractivity contribution in [3.05, 3.63) is 105 Å². The lowest BCUT2D eigenvalue weighted by Crippen LogP contribution is -2.34. The van der Waals surface area contributed by atoms with E-state index < -0.39 is 11.8 Å². The Kier molecular flexibility index (Phi) is 7.01. The molecule has 3 amide bonds. The molecule has 6 nitrogen and oxygen atoms in total. The molecule has 34 heavy (non-hydrogen) atoms. The second-order valence-corrected chi connectivity index (χ2v) is 8.60. The van der Waals surface area contributed by atoms with Crippen molar-refractivity contribution in [2.24, 2.45) is 0 Å². The predicted octanol–water partition coefficient (Wildman–Crippen LogP) is 5.37. The number of carbonyl (C=O) groups excluding carboxylic acids is 3. The molecule has 0 atom stereocenters. The van der Waals surface area contributed by atoms with Gasteiger partial charge in [-0.05, 0) is 54.8 Å². The second kappa shape index (κ2) is 10.1. The minimum Gasteiger partial charge on any atom is -0.350 e. The second-order valence-electron chi connectivity index (χ2n) is 7.81. The van der Waals surface area contributed by atoms with Gasteiger partial charge in [0.1, 0.15) is 10.7 Å². The summed E-state index contributed by atoms with van der Waals surface area (Å²) < 4.78 is 0. The van der Waals surface area contributed by atoms with E-state index in [-0.39, 0.29) is 23.2 Å². The molecule has 0 fully saturated rings. The first-order valence-electron chi connectivity index (χ1n) is 10.6. The van der Waals surface area contributed by atoms with Crippen molar-refractivity contribution in [2.75, 3.05) is 17.2 Å². The standard InChI is InChI=1S/C26H21Cl2N3O3/c1-16-10-11-20(15-21(16)27)30-24(32)18-8-5-9-19(14-18)29-23-22(28)25(33)31(26(23)34)13-12-17-6-3-2-4-7-17/h2-11,14-15,29H,12-13H2,1H3,(H,30,32). The van der Waals surface area contributed by atoms with E-state index >= 15 is 0 Å². The minimum absolute atomic E-state index is 0.0115. The van der Waals surface area contributed by atoms with Crippen LogP contribution in [0.25, 0.3) is 0 Å². The SMILES string of the molecule is Cc1ccc(NC(=O)c2cccc(NC3=C(Cl)C(=O)N(CCc4ccccc4)C3=O)c2)cc1Cl. The highest BCUT2D eigenvalue weighted by molar-refractivity contribution is 6.48. The topological polar surface area (TPSA) is 78.5 Å². The molecule has 1 aliphatic heterocycles. The number of hydrogen-bond donors (Lipinski definition) is 2. The number of rotatable bonds is 7. The number of anilines is 2.